The molecule has 8 unspecified atom stereocenters. The van der Waals surface area contributed by atoms with Crippen LogP contribution in [0.2, 0.25) is 0 Å². The number of ether oxygens (including phenoxy) is 4. The highest BCUT2D eigenvalue weighted by molar-refractivity contribution is 6.18. The topological polar surface area (TPSA) is 245 Å². The average Bonchev–Trinajstić information content (AvgIpc) is 3.94. The standard InChI is InChI=1S/C12H10NO5.C9H9NO3.C3H5NO3.C3H5NO2.CH5N.CH4/c14-7-3-4-8(15)13(7)11(16)9-5-1-2-6(18-5)10(9)12(13)17;1-10-8(11)6-4-2-3-5(13-4)7(6)9(10)12;1-2-7-3(5)4-6;1-4-2-6-3-5;1-2;/h1-2,5-6,9-10H,3-4H2;2-7H,1H3;2H2,1H3;3H,1-2H2;2H2,1H3;1H4/q+1;;;;;. The summed E-state index contributed by atoms with van der Waals surface area (Å²) in [5.41, 5.74) is 4.50. The molecule has 0 aromatic rings. The maximum Gasteiger partial charge on any atom is 0.470 e. The Hall–Kier alpha value is -4.65. The lowest BCUT2D eigenvalue weighted by Gasteiger charge is -2.19. The van der Waals surface area contributed by atoms with Gasteiger partial charge in [-0.1, -0.05) is 36.2 Å². The van der Waals surface area contributed by atoms with E-state index in [2.05, 4.69) is 26.9 Å². The number of nitrogens with zero attached hydrogens (tertiary/aromatic N) is 4. The van der Waals surface area contributed by atoms with Crippen LogP contribution in [-0.4, -0.2) is 116 Å². The van der Waals surface area contributed by atoms with Crippen molar-refractivity contribution in [3.8, 4) is 0 Å². The fraction of sp³-hybridized carbons (Fsp3) is 0.552. The zero-order valence-electron chi connectivity index (χ0n) is 25.2. The van der Waals surface area contributed by atoms with Gasteiger partial charge in [-0.05, 0) is 20.7 Å². The molecule has 0 aromatic heterocycles. The number of carbonyl (C=O) groups is 8. The van der Waals surface area contributed by atoms with Crippen molar-refractivity contribution in [2.24, 2.45) is 39.6 Å². The minimum atomic E-state index is -1.17. The first-order valence-electron chi connectivity index (χ1n) is 14.1. The van der Waals surface area contributed by atoms with Crippen LogP contribution in [0, 0.1) is 28.6 Å². The monoisotopic (exact) mass is 664 g/mol. The number of carbonyl (C=O) groups excluding carboxylic acids is 8. The van der Waals surface area contributed by atoms with Gasteiger partial charge in [0.2, 0.25) is 11.8 Å². The van der Waals surface area contributed by atoms with Crippen molar-refractivity contribution < 1.29 is 61.8 Å². The number of likely N-dealkylation sites (tertiary alicyclic amines) is 1. The van der Waals surface area contributed by atoms with E-state index in [9.17, 15) is 43.3 Å². The molecule has 7 heterocycles. The van der Waals surface area contributed by atoms with Gasteiger partial charge in [0.1, 0.15) is 11.8 Å². The van der Waals surface area contributed by atoms with Crippen LogP contribution in [-0.2, 0) is 52.5 Å². The largest absolute Gasteiger partial charge is 0.470 e. The smallest absolute Gasteiger partial charge is 0.446 e. The number of amides is 7. The van der Waals surface area contributed by atoms with E-state index >= 15 is 0 Å². The number of nitrogens with two attached hydrogens (primary N) is 1. The Balaban J connectivity index is 0.000000234. The van der Waals surface area contributed by atoms with Gasteiger partial charge in [-0.15, -0.1) is 4.91 Å². The number of fused-ring (bicyclic) bond motifs is 10. The lowest BCUT2D eigenvalue weighted by Crippen LogP contribution is -2.58. The Morgan fingerprint density at radius 3 is 1.62 bits per heavy atom. The van der Waals surface area contributed by atoms with Crippen molar-refractivity contribution in [2.75, 3.05) is 27.4 Å². The van der Waals surface area contributed by atoms with Crippen molar-refractivity contribution in [3.63, 3.8) is 0 Å². The molecule has 7 aliphatic rings. The molecule has 7 amide bonds. The van der Waals surface area contributed by atoms with E-state index in [1.165, 1.54) is 11.9 Å². The molecular formula is C29H38N5O13+. The van der Waals surface area contributed by atoms with E-state index in [1.54, 1.807) is 26.1 Å². The van der Waals surface area contributed by atoms with Crippen LogP contribution in [0.5, 0.6) is 0 Å². The highest BCUT2D eigenvalue weighted by Gasteiger charge is 2.77. The van der Waals surface area contributed by atoms with Gasteiger partial charge in [0.15, 0.2) is 6.73 Å². The van der Waals surface area contributed by atoms with Gasteiger partial charge in [0.25, 0.3) is 6.47 Å². The molecule has 0 aromatic carbocycles. The third-order valence-electron chi connectivity index (χ3n) is 8.14. The molecule has 0 aliphatic carbocycles. The number of imide groups is 7. The van der Waals surface area contributed by atoms with Gasteiger partial charge in [0.05, 0.1) is 60.9 Å². The first-order chi connectivity index (χ1) is 22.0. The fourth-order valence-corrected chi connectivity index (χ4v) is 6.32. The van der Waals surface area contributed by atoms with E-state index in [1.807, 2.05) is 17.3 Å². The summed E-state index contributed by atoms with van der Waals surface area (Å²) in [5.74, 6) is -4.26. The predicted molar refractivity (Wildman–Crippen MR) is 158 cm³/mol. The molecule has 7 aliphatic heterocycles. The summed E-state index contributed by atoms with van der Waals surface area (Å²) in [6.45, 7) is 5.25. The van der Waals surface area contributed by atoms with Crippen molar-refractivity contribution in [1.82, 2.24) is 4.90 Å². The van der Waals surface area contributed by atoms with E-state index < -0.39 is 58.2 Å². The van der Waals surface area contributed by atoms with Crippen LogP contribution in [0.1, 0.15) is 27.2 Å². The van der Waals surface area contributed by atoms with Crippen LogP contribution < -0.4 is 5.73 Å². The predicted octanol–water partition coefficient (Wildman–Crippen LogP) is -0.221. The van der Waals surface area contributed by atoms with Crippen LogP contribution in [0.3, 0.4) is 0 Å². The van der Waals surface area contributed by atoms with Gasteiger partial charge in [-0.2, -0.15) is 0 Å². The molecule has 0 radical (unpaired) electrons. The maximum atomic E-state index is 12.4. The van der Waals surface area contributed by atoms with E-state index in [-0.39, 0.29) is 69.5 Å². The van der Waals surface area contributed by atoms with Gasteiger partial charge in [-0.25, -0.2) is 24.0 Å². The number of rotatable bonds is 4. The lowest BCUT2D eigenvalue weighted by molar-refractivity contribution is -0.616. The summed E-state index contributed by atoms with van der Waals surface area (Å²) < 4.78 is 17.9. The number of hydrogen-bond acceptors (Lipinski definition) is 15. The zero-order valence-corrected chi connectivity index (χ0v) is 25.2. The third kappa shape index (κ3) is 6.62. The normalized spacial score (nSPS) is 31.6. The van der Waals surface area contributed by atoms with E-state index in [0.717, 1.165) is 0 Å². The number of quaternary nitrogens is 1. The first-order valence-corrected chi connectivity index (χ1v) is 14.1. The summed E-state index contributed by atoms with van der Waals surface area (Å²) >= 11 is 0. The Labute approximate surface area is 269 Å². The Morgan fingerprint density at radius 2 is 1.32 bits per heavy atom. The molecule has 256 valence electrons. The number of hydrogen-bond donors (Lipinski definition) is 1. The Morgan fingerprint density at radius 1 is 0.915 bits per heavy atom. The van der Waals surface area contributed by atoms with Gasteiger partial charge in [-0.3, -0.25) is 24.3 Å². The van der Waals surface area contributed by atoms with Crippen LogP contribution in [0.15, 0.2) is 34.5 Å². The SMILES string of the molecule is C.C=NCOC=O.CCOC(=O)N=O.CN.CN1C(=O)C2C3C=CC(O3)C2C1=O.O=C1CCC(=O)[N+]12C(=O)C1C3C=CC(O3)C1C2=O. The zero-order chi connectivity index (χ0) is 34.3. The lowest BCUT2D eigenvalue weighted by atomic mass is 9.85. The van der Waals surface area contributed by atoms with Gasteiger partial charge >= 0.3 is 29.7 Å². The summed E-state index contributed by atoms with van der Waals surface area (Å²) in [5, 5.41) is 1.97. The molecule has 18 nitrogen and oxygen atoms in total. The molecule has 8 atom stereocenters. The number of aliphatic imine (C=N–C) groups is 1. The summed E-state index contributed by atoms with van der Waals surface area (Å²) in [7, 11) is 3.04. The highest BCUT2D eigenvalue weighted by atomic mass is 16.6. The fourth-order valence-electron chi connectivity index (χ4n) is 6.32. The molecule has 0 saturated carbocycles. The van der Waals surface area contributed by atoms with Crippen molar-refractivity contribution >= 4 is 54.7 Å². The molecule has 47 heavy (non-hydrogen) atoms. The molecular weight excluding hydrogens is 626 g/mol. The molecule has 18 heteroatoms. The second-order valence-corrected chi connectivity index (χ2v) is 10.3. The van der Waals surface area contributed by atoms with Gasteiger partial charge < -0.3 is 24.7 Å². The van der Waals surface area contributed by atoms with Gasteiger partial charge in [0, 0.05) is 7.05 Å². The van der Waals surface area contributed by atoms with Crippen LogP contribution in [0.25, 0.3) is 0 Å². The first kappa shape index (κ1) is 38.5. The Kier molecular flexibility index (Phi) is 13.3. The second kappa shape index (κ2) is 16.3. The summed E-state index contributed by atoms with van der Waals surface area (Å²) in [6, 6.07) is 0. The quantitative estimate of drug-likeness (QED) is 0.0777. The minimum Gasteiger partial charge on any atom is -0.446 e. The molecule has 2 N–H and O–H groups in total. The van der Waals surface area contributed by atoms with Crippen molar-refractivity contribution in [1.29, 1.82) is 0 Å². The van der Waals surface area contributed by atoms with Crippen molar-refractivity contribution in [2.45, 2.75) is 51.6 Å². The summed E-state index contributed by atoms with van der Waals surface area (Å²) in [4.78, 5) is 104. The maximum absolute atomic E-state index is 12.4. The minimum absolute atomic E-state index is 0. The van der Waals surface area contributed by atoms with Crippen LogP contribution in [0.4, 0.5) is 4.79 Å². The molecule has 1 spiro atoms. The van der Waals surface area contributed by atoms with E-state index in [4.69, 9.17) is 9.47 Å². The molecule has 5 fully saturated rings. The molecule has 5 saturated heterocycles. The van der Waals surface area contributed by atoms with E-state index in [0.29, 0.717) is 6.47 Å². The van der Waals surface area contributed by atoms with Crippen LogP contribution >= 0.6 is 0 Å². The summed E-state index contributed by atoms with van der Waals surface area (Å²) in [6.07, 6.45) is 4.96. The van der Waals surface area contributed by atoms with Crippen molar-refractivity contribution in [3.05, 3.63) is 29.2 Å². The molecule has 7 rings (SSSR count). The molecule has 4 bridgehead atoms. The number of nitroso groups, excluding NO2 is 1. The highest BCUT2D eigenvalue weighted by Crippen LogP contribution is 2.50. The third-order valence-corrected chi connectivity index (χ3v) is 8.14. The average molecular weight is 665 g/mol. The Bertz CT molecular complexity index is 1290. The second-order valence-electron chi connectivity index (χ2n) is 10.3.